The second-order valence-electron chi connectivity index (χ2n) is 4.35. The Labute approximate surface area is 129 Å². The molecule has 22 heavy (non-hydrogen) atoms. The molecule has 1 heterocycles. The van der Waals surface area contributed by atoms with Crippen LogP contribution < -0.4 is 10.6 Å². The van der Waals surface area contributed by atoms with Crippen molar-refractivity contribution < 1.29 is 9.53 Å². The summed E-state index contributed by atoms with van der Waals surface area (Å²) in [6, 6.07) is 8.88. The zero-order chi connectivity index (χ0) is 15.8. The third-order valence-corrected chi connectivity index (χ3v) is 2.78. The average molecular weight is 298 g/mol. The van der Waals surface area contributed by atoms with Gasteiger partial charge in [-0.3, -0.25) is 0 Å². The number of aromatic nitrogens is 2. The highest BCUT2D eigenvalue weighted by Crippen LogP contribution is 2.21. The Morgan fingerprint density at radius 3 is 2.86 bits per heavy atom. The summed E-state index contributed by atoms with van der Waals surface area (Å²) in [5, 5.41) is 6.19. The fraction of sp³-hybridized carbons (Fsp3) is 0.188. The lowest BCUT2D eigenvalue weighted by Crippen LogP contribution is -2.08. The number of nitrogens with zero attached hydrogens (tertiary/aromatic N) is 2. The van der Waals surface area contributed by atoms with Gasteiger partial charge in [0.25, 0.3) is 0 Å². The minimum Gasteiger partial charge on any atom is -0.462 e. The van der Waals surface area contributed by atoms with Crippen LogP contribution in [0.3, 0.4) is 0 Å². The first kappa shape index (κ1) is 15.5. The lowest BCUT2D eigenvalue weighted by molar-refractivity contribution is 0.0527. The van der Waals surface area contributed by atoms with Gasteiger partial charge in [0.15, 0.2) is 0 Å². The Bertz CT molecular complexity index is 658. The minimum atomic E-state index is -0.371. The van der Waals surface area contributed by atoms with Gasteiger partial charge in [0.05, 0.1) is 17.9 Å². The molecule has 2 aromatic rings. The average Bonchev–Trinajstić information content (AvgIpc) is 2.54. The predicted octanol–water partition coefficient (Wildman–Crippen LogP) is 2.99. The van der Waals surface area contributed by atoms with Crippen LogP contribution >= 0.6 is 0 Å². The number of carbonyl (C=O) groups is 1. The van der Waals surface area contributed by atoms with E-state index in [0.29, 0.717) is 36.0 Å². The third kappa shape index (κ3) is 4.05. The van der Waals surface area contributed by atoms with Gasteiger partial charge in [0.2, 0.25) is 0 Å². The highest BCUT2D eigenvalue weighted by molar-refractivity contribution is 5.96. The SMILES string of the molecule is C=CCNc1cc(Nc2ccccc2C(=O)OCC)ncn1. The molecule has 0 aliphatic carbocycles. The monoisotopic (exact) mass is 298 g/mol. The van der Waals surface area contributed by atoms with E-state index in [1.165, 1.54) is 6.33 Å². The number of rotatable bonds is 7. The molecule has 6 nitrogen and oxygen atoms in total. The van der Waals surface area contributed by atoms with Gasteiger partial charge in [-0.05, 0) is 19.1 Å². The van der Waals surface area contributed by atoms with Gasteiger partial charge < -0.3 is 15.4 Å². The molecular formula is C16H18N4O2. The summed E-state index contributed by atoms with van der Waals surface area (Å²) in [6.07, 6.45) is 3.19. The van der Waals surface area contributed by atoms with Crippen molar-refractivity contribution in [1.29, 1.82) is 0 Å². The summed E-state index contributed by atoms with van der Waals surface area (Å²) in [4.78, 5) is 20.2. The molecule has 114 valence electrons. The van der Waals surface area contributed by atoms with Crippen molar-refractivity contribution in [3.05, 3.63) is 54.9 Å². The first-order valence-electron chi connectivity index (χ1n) is 6.94. The van der Waals surface area contributed by atoms with E-state index in [1.54, 1.807) is 37.3 Å². The van der Waals surface area contributed by atoms with Crippen molar-refractivity contribution in [2.75, 3.05) is 23.8 Å². The van der Waals surface area contributed by atoms with Gasteiger partial charge in [0.1, 0.15) is 18.0 Å². The van der Waals surface area contributed by atoms with Gasteiger partial charge in [-0.25, -0.2) is 14.8 Å². The summed E-state index contributed by atoms with van der Waals surface area (Å²) < 4.78 is 5.05. The van der Waals surface area contributed by atoms with E-state index >= 15 is 0 Å². The smallest absolute Gasteiger partial charge is 0.340 e. The van der Waals surface area contributed by atoms with Crippen molar-refractivity contribution in [3.63, 3.8) is 0 Å². The van der Waals surface area contributed by atoms with E-state index < -0.39 is 0 Å². The zero-order valence-electron chi connectivity index (χ0n) is 12.4. The molecule has 6 heteroatoms. The summed E-state index contributed by atoms with van der Waals surface area (Å²) in [5.74, 6) is 0.883. The topological polar surface area (TPSA) is 76.1 Å². The molecule has 0 spiro atoms. The van der Waals surface area contributed by atoms with Gasteiger partial charge in [-0.1, -0.05) is 18.2 Å². The van der Waals surface area contributed by atoms with E-state index in [2.05, 4.69) is 27.2 Å². The predicted molar refractivity (Wildman–Crippen MR) is 86.4 cm³/mol. The summed E-state index contributed by atoms with van der Waals surface area (Å²) in [5.41, 5.74) is 1.10. The van der Waals surface area contributed by atoms with Gasteiger partial charge >= 0.3 is 5.97 Å². The normalized spacial score (nSPS) is 9.86. The molecule has 1 aromatic heterocycles. The Balaban J connectivity index is 2.20. The Morgan fingerprint density at radius 2 is 2.09 bits per heavy atom. The molecule has 0 saturated heterocycles. The highest BCUT2D eigenvalue weighted by Gasteiger charge is 2.12. The van der Waals surface area contributed by atoms with E-state index in [0.717, 1.165) is 0 Å². The van der Waals surface area contributed by atoms with E-state index in [9.17, 15) is 4.79 Å². The van der Waals surface area contributed by atoms with Crippen molar-refractivity contribution in [1.82, 2.24) is 9.97 Å². The van der Waals surface area contributed by atoms with Crippen LogP contribution in [0.15, 0.2) is 49.3 Å². The number of hydrogen-bond donors (Lipinski definition) is 2. The van der Waals surface area contributed by atoms with E-state index in [1.807, 2.05) is 6.07 Å². The number of para-hydroxylation sites is 1. The third-order valence-electron chi connectivity index (χ3n) is 2.78. The molecule has 0 fully saturated rings. The lowest BCUT2D eigenvalue weighted by Gasteiger charge is -2.11. The standard InChI is InChI=1S/C16H18N4O2/c1-3-9-17-14-10-15(19-11-18-14)20-13-8-6-5-7-12(13)16(21)22-4-2/h3,5-8,10-11H,1,4,9H2,2H3,(H2,17,18,19,20). The molecule has 0 atom stereocenters. The number of ether oxygens (including phenoxy) is 1. The minimum absolute atomic E-state index is 0.330. The highest BCUT2D eigenvalue weighted by atomic mass is 16.5. The fourth-order valence-corrected chi connectivity index (χ4v) is 1.82. The lowest BCUT2D eigenvalue weighted by atomic mass is 10.2. The molecule has 1 aromatic carbocycles. The molecular weight excluding hydrogens is 280 g/mol. The summed E-state index contributed by atoms with van der Waals surface area (Å²) >= 11 is 0. The summed E-state index contributed by atoms with van der Waals surface area (Å²) in [7, 11) is 0. The first-order valence-corrected chi connectivity index (χ1v) is 6.94. The van der Waals surface area contributed by atoms with Crippen LogP contribution in [0.5, 0.6) is 0 Å². The van der Waals surface area contributed by atoms with Crippen LogP contribution in [0.25, 0.3) is 0 Å². The molecule has 0 saturated carbocycles. The Morgan fingerprint density at radius 1 is 1.32 bits per heavy atom. The van der Waals surface area contributed by atoms with Crippen LogP contribution in [0, 0.1) is 0 Å². The maximum atomic E-state index is 11.9. The fourth-order valence-electron chi connectivity index (χ4n) is 1.82. The molecule has 2 N–H and O–H groups in total. The second kappa shape index (κ2) is 7.78. The maximum Gasteiger partial charge on any atom is 0.340 e. The zero-order valence-corrected chi connectivity index (χ0v) is 12.4. The van der Waals surface area contributed by atoms with Crippen molar-refractivity contribution in [2.45, 2.75) is 6.92 Å². The van der Waals surface area contributed by atoms with Gasteiger partial charge in [-0.15, -0.1) is 6.58 Å². The number of esters is 1. The van der Waals surface area contributed by atoms with Crippen LogP contribution in [0.1, 0.15) is 17.3 Å². The van der Waals surface area contributed by atoms with Crippen molar-refractivity contribution in [3.8, 4) is 0 Å². The quantitative estimate of drug-likeness (QED) is 0.604. The number of hydrogen-bond acceptors (Lipinski definition) is 6. The second-order valence-corrected chi connectivity index (χ2v) is 4.35. The van der Waals surface area contributed by atoms with Crippen LogP contribution in [-0.2, 0) is 4.74 Å². The van der Waals surface area contributed by atoms with Crippen molar-refractivity contribution >= 4 is 23.3 Å². The molecule has 0 bridgehead atoms. The van der Waals surface area contributed by atoms with Crippen molar-refractivity contribution in [2.24, 2.45) is 0 Å². The van der Waals surface area contributed by atoms with Gasteiger partial charge in [-0.2, -0.15) is 0 Å². The number of carbonyl (C=O) groups excluding carboxylic acids is 1. The first-order chi connectivity index (χ1) is 10.7. The molecule has 0 radical (unpaired) electrons. The number of nitrogens with one attached hydrogen (secondary N) is 2. The number of anilines is 3. The largest absolute Gasteiger partial charge is 0.462 e. The van der Waals surface area contributed by atoms with Crippen LogP contribution in [-0.4, -0.2) is 29.1 Å². The molecule has 0 amide bonds. The Kier molecular flexibility index (Phi) is 5.48. The molecule has 2 rings (SSSR count). The molecule has 0 unspecified atom stereocenters. The van der Waals surface area contributed by atoms with E-state index in [4.69, 9.17) is 4.74 Å². The molecule has 0 aliphatic rings. The van der Waals surface area contributed by atoms with E-state index in [-0.39, 0.29) is 5.97 Å². The summed E-state index contributed by atoms with van der Waals surface area (Å²) in [6.45, 7) is 6.35. The Hall–Kier alpha value is -2.89. The molecule has 0 aliphatic heterocycles. The van der Waals surface area contributed by atoms with Gasteiger partial charge in [0, 0.05) is 12.6 Å². The maximum absolute atomic E-state index is 11.9. The van der Waals surface area contributed by atoms with Crippen LogP contribution in [0.4, 0.5) is 17.3 Å². The van der Waals surface area contributed by atoms with Crippen LogP contribution in [0.2, 0.25) is 0 Å². The number of benzene rings is 1.